The van der Waals surface area contributed by atoms with Crippen LogP contribution in [0.2, 0.25) is 10.0 Å². The number of aliphatic hydroxyl groups is 1. The first-order valence-corrected chi connectivity index (χ1v) is 16.0. The van der Waals surface area contributed by atoms with E-state index in [1.54, 1.807) is 41.8 Å². The van der Waals surface area contributed by atoms with Crippen molar-refractivity contribution >= 4 is 40.5 Å². The van der Waals surface area contributed by atoms with Crippen molar-refractivity contribution in [1.82, 2.24) is 19.9 Å². The maximum atomic E-state index is 14.7. The molecule has 13 heteroatoms. The largest absolute Gasteiger partial charge is 0.489 e. The molecule has 0 radical (unpaired) electrons. The van der Waals surface area contributed by atoms with Gasteiger partial charge in [0.15, 0.2) is 0 Å². The number of fused-ring (bicyclic) bond motifs is 2. The van der Waals surface area contributed by atoms with Gasteiger partial charge in [0.2, 0.25) is 11.8 Å². The predicted octanol–water partition coefficient (Wildman–Crippen LogP) is 5.53. The summed E-state index contributed by atoms with van der Waals surface area (Å²) >= 11 is 13.0. The molecule has 0 spiro atoms. The number of halogens is 3. The van der Waals surface area contributed by atoms with Crippen molar-refractivity contribution < 1.29 is 28.6 Å². The molecule has 1 aliphatic carbocycles. The number of nitrogens with zero attached hydrogens (tertiary/aromatic N) is 3. The summed E-state index contributed by atoms with van der Waals surface area (Å²) in [6.07, 6.45) is 2.12. The summed E-state index contributed by atoms with van der Waals surface area (Å²) in [6.45, 7) is 1.08. The smallest absolute Gasteiger partial charge is 0.251 e. The molecule has 1 saturated carbocycles. The lowest BCUT2D eigenvalue weighted by molar-refractivity contribution is -0.123. The number of pyridine rings is 2. The molecule has 0 unspecified atom stereocenters. The van der Waals surface area contributed by atoms with Gasteiger partial charge >= 0.3 is 0 Å². The zero-order valence-corrected chi connectivity index (χ0v) is 27.4. The number of carbonyl (C=O) groups is 2. The van der Waals surface area contributed by atoms with E-state index in [2.05, 4.69) is 10.4 Å². The van der Waals surface area contributed by atoms with Gasteiger partial charge in [-0.2, -0.15) is 5.10 Å². The monoisotopic (exact) mass is 689 g/mol. The Kier molecular flexibility index (Phi) is 7.81. The van der Waals surface area contributed by atoms with Crippen LogP contribution in [0.1, 0.15) is 58.6 Å². The summed E-state index contributed by atoms with van der Waals surface area (Å²) in [4.78, 5) is 31.3. The molecule has 4 N–H and O–H groups in total. The zero-order chi connectivity index (χ0) is 34.0. The van der Waals surface area contributed by atoms with Crippen LogP contribution in [0.3, 0.4) is 0 Å². The normalized spacial score (nSPS) is 18.2. The summed E-state index contributed by atoms with van der Waals surface area (Å²) in [7, 11) is 1.49. The van der Waals surface area contributed by atoms with Crippen LogP contribution in [-0.2, 0) is 15.8 Å². The Balaban J connectivity index is 1.34. The van der Waals surface area contributed by atoms with E-state index in [-0.39, 0.29) is 44.9 Å². The Bertz CT molecular complexity index is 2140. The quantitative estimate of drug-likeness (QED) is 0.185. The van der Waals surface area contributed by atoms with Crippen LogP contribution < -0.4 is 20.5 Å². The average Bonchev–Trinajstić information content (AvgIpc) is 3.74. The SMILES string of the molecule is COc1cc(C(=O)NC[C@@](O)(c2cccc(F)c2)c2cc3c(c(-c4cccc(Cl)c4Cl)n2)OC[C@]3(C)C(N)=O)cc2cc(C3CC3)nn12. The number of primary amides is 1. The number of amides is 2. The van der Waals surface area contributed by atoms with Gasteiger partial charge < -0.3 is 25.6 Å². The third-order valence-corrected chi connectivity index (χ3v) is 9.89. The first-order chi connectivity index (χ1) is 22.9. The molecule has 246 valence electrons. The van der Waals surface area contributed by atoms with Crippen LogP contribution in [0.15, 0.2) is 66.7 Å². The van der Waals surface area contributed by atoms with Gasteiger partial charge in [-0.1, -0.05) is 47.5 Å². The Hall–Kier alpha value is -4.71. The number of methoxy groups -OCH3 is 1. The fourth-order valence-corrected chi connectivity index (χ4v) is 6.40. The Morgan fingerprint density at radius 1 is 1.17 bits per heavy atom. The van der Waals surface area contributed by atoms with Crippen molar-refractivity contribution in [3.8, 4) is 22.9 Å². The van der Waals surface area contributed by atoms with Gasteiger partial charge in [0, 0.05) is 28.7 Å². The zero-order valence-electron chi connectivity index (χ0n) is 25.9. The molecule has 2 atom stereocenters. The highest BCUT2D eigenvalue weighted by Gasteiger charge is 2.46. The number of hydrogen-bond acceptors (Lipinski definition) is 7. The minimum atomic E-state index is -2.13. The topological polar surface area (TPSA) is 141 Å². The molecular weight excluding hydrogens is 660 g/mol. The maximum absolute atomic E-state index is 14.7. The highest BCUT2D eigenvalue weighted by molar-refractivity contribution is 6.43. The number of carbonyl (C=O) groups excluding carboxylic acids is 2. The van der Waals surface area contributed by atoms with Gasteiger partial charge in [-0.3, -0.25) is 9.59 Å². The lowest BCUT2D eigenvalue weighted by Gasteiger charge is -2.30. The van der Waals surface area contributed by atoms with E-state index in [0.29, 0.717) is 28.4 Å². The number of hydrogen-bond donors (Lipinski definition) is 3. The molecule has 7 rings (SSSR count). The van der Waals surface area contributed by atoms with E-state index in [4.69, 9.17) is 43.4 Å². The number of ether oxygens (including phenoxy) is 2. The third kappa shape index (κ3) is 5.32. The van der Waals surface area contributed by atoms with Gasteiger partial charge in [0.25, 0.3) is 5.91 Å². The molecule has 10 nitrogen and oxygen atoms in total. The van der Waals surface area contributed by atoms with Gasteiger partial charge in [-0.05, 0) is 61.7 Å². The van der Waals surface area contributed by atoms with Crippen molar-refractivity contribution in [3.63, 3.8) is 0 Å². The fraction of sp³-hybridized carbons (Fsp3) is 0.257. The van der Waals surface area contributed by atoms with Gasteiger partial charge in [0.1, 0.15) is 34.9 Å². The minimum Gasteiger partial charge on any atom is -0.489 e. The second kappa shape index (κ2) is 11.8. The molecule has 2 aliphatic rings. The molecule has 3 aromatic heterocycles. The molecule has 48 heavy (non-hydrogen) atoms. The van der Waals surface area contributed by atoms with Crippen molar-refractivity contribution in [2.45, 2.75) is 36.7 Å². The standard InChI is InChI=1S/C35H30Cl2FN5O5/c1-34(33(39)45)17-48-31-24(34)15-27(41-30(31)23-7-4-8-25(36)29(23)37)35(46,20-5-3-6-21(38)13-20)16-40-32(44)19-11-22-14-26(18-9-10-18)42-43(22)28(12-19)47-2/h3-8,11-15,18,46H,9-10,16-17H2,1-2H3,(H2,39,45)(H,40,44)/t34-,35+/m0/s1. The summed E-state index contributed by atoms with van der Waals surface area (Å²) in [6, 6.07) is 16.9. The highest BCUT2D eigenvalue weighted by Crippen LogP contribution is 2.48. The van der Waals surface area contributed by atoms with Gasteiger partial charge in [-0.15, -0.1) is 0 Å². The van der Waals surface area contributed by atoms with Crippen molar-refractivity contribution in [3.05, 3.63) is 111 Å². The maximum Gasteiger partial charge on any atom is 0.251 e. The number of benzene rings is 2. The van der Waals surface area contributed by atoms with Crippen LogP contribution in [0, 0.1) is 5.82 Å². The average molecular weight is 691 g/mol. The first-order valence-electron chi connectivity index (χ1n) is 15.2. The van der Waals surface area contributed by atoms with Crippen LogP contribution in [0.4, 0.5) is 4.39 Å². The van der Waals surface area contributed by atoms with E-state index in [0.717, 1.165) is 24.6 Å². The molecular formula is C35H30Cl2FN5O5. The van der Waals surface area contributed by atoms with Crippen molar-refractivity contribution in [2.75, 3.05) is 20.3 Å². The number of nitrogens with two attached hydrogens (primary N) is 1. The molecule has 0 saturated heterocycles. The van der Waals surface area contributed by atoms with E-state index in [1.807, 2.05) is 6.07 Å². The Labute approximate surface area is 284 Å². The molecule has 1 aliphatic heterocycles. The van der Waals surface area contributed by atoms with E-state index in [1.165, 1.54) is 31.4 Å². The minimum absolute atomic E-state index is 0.0194. The molecule has 2 amide bonds. The summed E-state index contributed by atoms with van der Waals surface area (Å²) in [5, 5.41) is 20.4. The summed E-state index contributed by atoms with van der Waals surface area (Å²) in [5.74, 6) is -0.839. The highest BCUT2D eigenvalue weighted by atomic mass is 35.5. The molecule has 4 heterocycles. The molecule has 0 bridgehead atoms. The van der Waals surface area contributed by atoms with Gasteiger partial charge in [0.05, 0.1) is 40.6 Å². The Morgan fingerprint density at radius 2 is 1.94 bits per heavy atom. The third-order valence-electron chi connectivity index (χ3n) is 9.07. The molecule has 2 aromatic carbocycles. The Morgan fingerprint density at radius 3 is 2.65 bits per heavy atom. The number of nitrogens with one attached hydrogen (secondary N) is 1. The van der Waals surface area contributed by atoms with Gasteiger partial charge in [-0.25, -0.2) is 13.9 Å². The van der Waals surface area contributed by atoms with E-state index >= 15 is 0 Å². The first kappa shape index (κ1) is 31.9. The fourth-order valence-electron chi connectivity index (χ4n) is 6.01. The summed E-state index contributed by atoms with van der Waals surface area (Å²) in [5.41, 5.74) is 5.25. The number of aromatic nitrogens is 3. The van der Waals surface area contributed by atoms with Crippen LogP contribution >= 0.6 is 23.2 Å². The second-order valence-corrected chi connectivity index (χ2v) is 13.1. The molecule has 1 fully saturated rings. The van der Waals surface area contributed by atoms with Crippen LogP contribution in [0.25, 0.3) is 16.8 Å². The number of rotatable bonds is 9. The van der Waals surface area contributed by atoms with Crippen LogP contribution in [-0.4, -0.2) is 51.8 Å². The van der Waals surface area contributed by atoms with E-state index in [9.17, 15) is 19.1 Å². The second-order valence-electron chi connectivity index (χ2n) is 12.3. The molecule has 5 aromatic rings. The lowest BCUT2D eigenvalue weighted by Crippen LogP contribution is -2.43. The van der Waals surface area contributed by atoms with Crippen LogP contribution in [0.5, 0.6) is 11.6 Å². The predicted molar refractivity (Wildman–Crippen MR) is 177 cm³/mol. The van der Waals surface area contributed by atoms with Crippen molar-refractivity contribution in [1.29, 1.82) is 0 Å². The van der Waals surface area contributed by atoms with Crippen molar-refractivity contribution in [2.24, 2.45) is 5.73 Å². The lowest BCUT2D eigenvalue weighted by atomic mass is 9.80. The summed E-state index contributed by atoms with van der Waals surface area (Å²) < 4.78 is 27.9. The van der Waals surface area contributed by atoms with E-state index < -0.39 is 35.2 Å².